The molecule has 0 saturated carbocycles. The van der Waals surface area contributed by atoms with Crippen LogP contribution in [0.25, 0.3) is 0 Å². The van der Waals surface area contributed by atoms with Crippen LogP contribution in [0.15, 0.2) is 24.8 Å². The molecule has 2 N–H and O–H groups in total. The van der Waals surface area contributed by atoms with Crippen LogP contribution in [0, 0.1) is 0 Å². The number of hydrogen-bond donors (Lipinski definition) is 2. The molecule has 0 radical (unpaired) electrons. The maximum Gasteiger partial charge on any atom is 0.0522 e. The molecule has 0 atom stereocenters. The van der Waals surface area contributed by atoms with Gasteiger partial charge in [0.15, 0.2) is 0 Å². The van der Waals surface area contributed by atoms with Crippen molar-refractivity contribution in [2.24, 2.45) is 0 Å². The summed E-state index contributed by atoms with van der Waals surface area (Å²) in [6.45, 7) is 0. The second-order valence-electron chi connectivity index (χ2n) is 2.39. The molecule has 56 valence electrons. The zero-order valence-electron chi connectivity index (χ0n) is 5.91. The molecule has 0 aliphatic rings. The smallest absolute Gasteiger partial charge is 0.0522 e. The molecular weight excluding hydrogens is 140 g/mol. The first-order chi connectivity index (χ1) is 5.45. The molecule has 2 heterocycles. The molecule has 2 aromatic rings. The quantitative estimate of drug-likeness (QED) is 0.659. The Morgan fingerprint density at radius 2 is 1.55 bits per heavy atom. The molecule has 0 bridgehead atoms. The first-order valence-corrected chi connectivity index (χ1v) is 3.40. The van der Waals surface area contributed by atoms with E-state index in [1.54, 1.807) is 0 Å². The Morgan fingerprint density at radius 3 is 1.91 bits per heavy atom. The highest BCUT2D eigenvalue weighted by Crippen LogP contribution is 2.03. The van der Waals surface area contributed by atoms with Crippen LogP contribution in [0.2, 0.25) is 0 Å². The van der Waals surface area contributed by atoms with Crippen LogP contribution >= 0.6 is 0 Å². The zero-order chi connectivity index (χ0) is 7.52. The van der Waals surface area contributed by atoms with Gasteiger partial charge in [0, 0.05) is 18.8 Å². The van der Waals surface area contributed by atoms with E-state index in [4.69, 9.17) is 0 Å². The van der Waals surface area contributed by atoms with Crippen molar-refractivity contribution < 1.29 is 0 Å². The fourth-order valence-corrected chi connectivity index (χ4v) is 0.984. The van der Waals surface area contributed by atoms with Crippen LogP contribution in [-0.4, -0.2) is 20.4 Å². The van der Waals surface area contributed by atoms with Crippen LogP contribution in [-0.2, 0) is 6.42 Å². The van der Waals surface area contributed by atoms with E-state index in [0.717, 1.165) is 6.42 Å². The van der Waals surface area contributed by atoms with Crippen molar-refractivity contribution in [2.75, 3.05) is 0 Å². The lowest BCUT2D eigenvalue weighted by molar-refractivity contribution is 1.09. The second kappa shape index (κ2) is 2.57. The molecule has 0 fully saturated rings. The van der Waals surface area contributed by atoms with Gasteiger partial charge < -0.3 is 0 Å². The predicted octanol–water partition coefficient (Wildman–Crippen LogP) is 0.724. The molecule has 0 amide bonds. The summed E-state index contributed by atoms with van der Waals surface area (Å²) >= 11 is 0. The summed E-state index contributed by atoms with van der Waals surface area (Å²) < 4.78 is 0. The van der Waals surface area contributed by atoms with Gasteiger partial charge in [0.1, 0.15) is 0 Å². The van der Waals surface area contributed by atoms with Gasteiger partial charge in [-0.15, -0.1) is 0 Å². The fraction of sp³-hybridized carbons (Fsp3) is 0.143. The Bertz CT molecular complexity index is 263. The van der Waals surface area contributed by atoms with E-state index >= 15 is 0 Å². The largest absolute Gasteiger partial charge is 0.285 e. The Morgan fingerprint density at radius 1 is 1.00 bits per heavy atom. The summed E-state index contributed by atoms with van der Waals surface area (Å²) in [5.74, 6) is 0. The topological polar surface area (TPSA) is 57.4 Å². The first kappa shape index (κ1) is 6.15. The van der Waals surface area contributed by atoms with Gasteiger partial charge in [0.2, 0.25) is 0 Å². The van der Waals surface area contributed by atoms with Gasteiger partial charge in [0.05, 0.1) is 12.4 Å². The Kier molecular flexibility index (Phi) is 1.44. The zero-order valence-corrected chi connectivity index (χ0v) is 5.91. The number of H-pyrrole nitrogens is 2. The minimum absolute atomic E-state index is 0.882. The summed E-state index contributed by atoms with van der Waals surface area (Å²) in [7, 11) is 0. The molecule has 0 spiro atoms. The van der Waals surface area contributed by atoms with Crippen molar-refractivity contribution in [1.82, 2.24) is 20.4 Å². The van der Waals surface area contributed by atoms with Crippen molar-refractivity contribution in [3.8, 4) is 0 Å². The SMILES string of the molecule is c1n[nH]cc1Cc1cn[nH]c1. The van der Waals surface area contributed by atoms with Gasteiger partial charge in [-0.3, -0.25) is 10.2 Å². The van der Waals surface area contributed by atoms with Crippen molar-refractivity contribution in [3.05, 3.63) is 35.9 Å². The van der Waals surface area contributed by atoms with Crippen LogP contribution in [0.4, 0.5) is 0 Å². The molecule has 0 unspecified atom stereocenters. The van der Waals surface area contributed by atoms with Crippen molar-refractivity contribution in [2.45, 2.75) is 6.42 Å². The van der Waals surface area contributed by atoms with Gasteiger partial charge in [0.25, 0.3) is 0 Å². The third kappa shape index (κ3) is 1.29. The third-order valence-corrected chi connectivity index (χ3v) is 1.52. The van der Waals surface area contributed by atoms with Crippen LogP contribution < -0.4 is 0 Å². The van der Waals surface area contributed by atoms with Gasteiger partial charge >= 0.3 is 0 Å². The minimum Gasteiger partial charge on any atom is -0.285 e. The lowest BCUT2D eigenvalue weighted by atomic mass is 10.2. The van der Waals surface area contributed by atoms with Gasteiger partial charge in [-0.25, -0.2) is 0 Å². The van der Waals surface area contributed by atoms with Crippen LogP contribution in [0.1, 0.15) is 11.1 Å². The predicted molar refractivity (Wildman–Crippen MR) is 40.0 cm³/mol. The average Bonchev–Trinajstić information content (AvgIpc) is 2.60. The second-order valence-corrected chi connectivity index (χ2v) is 2.39. The fourth-order valence-electron chi connectivity index (χ4n) is 0.984. The molecule has 11 heavy (non-hydrogen) atoms. The minimum atomic E-state index is 0.882. The summed E-state index contributed by atoms with van der Waals surface area (Å²) in [4.78, 5) is 0. The van der Waals surface area contributed by atoms with E-state index in [2.05, 4.69) is 20.4 Å². The standard InChI is InChI=1S/C7H8N4/c1(6-2-8-9-3-6)7-4-10-11-5-7/h2-5H,1H2,(H,8,9)(H,10,11). The number of hydrogen-bond acceptors (Lipinski definition) is 2. The monoisotopic (exact) mass is 148 g/mol. The maximum absolute atomic E-state index is 3.85. The summed E-state index contributed by atoms with van der Waals surface area (Å²) in [5.41, 5.74) is 2.35. The van der Waals surface area contributed by atoms with E-state index in [0.29, 0.717) is 0 Å². The molecule has 0 aliphatic carbocycles. The van der Waals surface area contributed by atoms with Crippen LogP contribution in [0.5, 0.6) is 0 Å². The molecular formula is C7H8N4. The normalized spacial score (nSPS) is 10.2. The number of nitrogens with one attached hydrogen (secondary N) is 2. The summed E-state index contributed by atoms with van der Waals surface area (Å²) in [6.07, 6.45) is 8.27. The highest BCUT2D eigenvalue weighted by Gasteiger charge is 1.96. The Balaban J connectivity index is 2.14. The van der Waals surface area contributed by atoms with E-state index in [-0.39, 0.29) is 0 Å². The molecule has 4 heteroatoms. The van der Waals surface area contributed by atoms with Gasteiger partial charge in [-0.05, 0) is 11.1 Å². The summed E-state index contributed by atoms with van der Waals surface area (Å²) in [5, 5.41) is 13.2. The lowest BCUT2D eigenvalue weighted by Gasteiger charge is -1.88. The molecule has 4 nitrogen and oxygen atoms in total. The highest BCUT2D eigenvalue weighted by atomic mass is 15.1. The van der Waals surface area contributed by atoms with Gasteiger partial charge in [-0.2, -0.15) is 10.2 Å². The van der Waals surface area contributed by atoms with Gasteiger partial charge in [-0.1, -0.05) is 0 Å². The van der Waals surface area contributed by atoms with Crippen molar-refractivity contribution in [1.29, 1.82) is 0 Å². The lowest BCUT2D eigenvalue weighted by Crippen LogP contribution is -1.80. The number of rotatable bonds is 2. The summed E-state index contributed by atoms with van der Waals surface area (Å²) in [6, 6.07) is 0. The van der Waals surface area contributed by atoms with E-state index in [9.17, 15) is 0 Å². The molecule has 2 aromatic heterocycles. The number of aromatic nitrogens is 4. The maximum atomic E-state index is 3.85. The van der Waals surface area contributed by atoms with Crippen molar-refractivity contribution in [3.63, 3.8) is 0 Å². The Labute approximate surface area is 63.6 Å². The third-order valence-electron chi connectivity index (χ3n) is 1.52. The highest BCUT2D eigenvalue weighted by molar-refractivity contribution is 5.16. The van der Waals surface area contributed by atoms with E-state index in [1.807, 2.05) is 24.8 Å². The number of nitrogens with zero attached hydrogens (tertiary/aromatic N) is 2. The molecule has 0 saturated heterocycles. The van der Waals surface area contributed by atoms with E-state index < -0.39 is 0 Å². The van der Waals surface area contributed by atoms with Crippen molar-refractivity contribution >= 4 is 0 Å². The molecule has 0 aromatic carbocycles. The molecule has 2 rings (SSSR count). The average molecular weight is 148 g/mol. The number of aromatic amines is 2. The van der Waals surface area contributed by atoms with Crippen LogP contribution in [0.3, 0.4) is 0 Å². The Hall–Kier alpha value is -1.58. The van der Waals surface area contributed by atoms with E-state index in [1.165, 1.54) is 11.1 Å². The molecule has 0 aliphatic heterocycles. The first-order valence-electron chi connectivity index (χ1n) is 3.40.